The third-order valence-corrected chi connectivity index (χ3v) is 7.45. The molecule has 1 aliphatic rings. The molecule has 2 amide bonds. The predicted molar refractivity (Wildman–Crippen MR) is 126 cm³/mol. The van der Waals surface area contributed by atoms with E-state index in [9.17, 15) is 27.2 Å². The average molecular weight is 493 g/mol. The van der Waals surface area contributed by atoms with Crippen molar-refractivity contribution in [3.8, 4) is 0 Å². The predicted octanol–water partition coefficient (Wildman–Crippen LogP) is 2.06. The molecule has 1 saturated heterocycles. The van der Waals surface area contributed by atoms with E-state index in [0.717, 1.165) is 6.26 Å². The minimum absolute atomic E-state index is 0.0752. The molecule has 0 radical (unpaired) electrons. The number of nitrogens with one attached hydrogen (secondary N) is 2. The highest BCUT2D eigenvalue weighted by Gasteiger charge is 2.32. The molecule has 0 bridgehead atoms. The lowest BCUT2D eigenvalue weighted by Crippen LogP contribution is -2.50. The lowest BCUT2D eigenvalue weighted by molar-refractivity contribution is -0.117. The molecule has 2 N–H and O–H groups in total. The number of nitrogens with zero attached hydrogens (tertiary/aromatic N) is 2. The summed E-state index contributed by atoms with van der Waals surface area (Å²) in [5.41, 5.74) is 1.95. The van der Waals surface area contributed by atoms with Gasteiger partial charge in [0.1, 0.15) is 5.82 Å². The van der Waals surface area contributed by atoms with Crippen LogP contribution in [0, 0.1) is 26.6 Å². The number of benzene rings is 1. The number of carbonyl (C=O) groups excluding carboxylic acids is 3. The molecule has 184 valence electrons. The Kier molecular flexibility index (Phi) is 7.27. The number of rotatable bonds is 6. The Bertz CT molecular complexity index is 1270. The molecule has 0 spiro atoms. The number of piperidine rings is 1. The highest BCUT2D eigenvalue weighted by atomic mass is 32.2. The van der Waals surface area contributed by atoms with Crippen LogP contribution in [0.5, 0.6) is 0 Å². The van der Waals surface area contributed by atoms with Crippen LogP contribution >= 0.6 is 0 Å². The maximum atomic E-state index is 13.5. The molecule has 1 aromatic carbocycles. The smallest absolute Gasteiger partial charge is 0.294 e. The van der Waals surface area contributed by atoms with Gasteiger partial charge in [-0.2, -0.15) is 0 Å². The number of aromatic nitrogens is 1. The number of aryl methyl sites for hydroxylation is 1. The number of hydrogen-bond donors (Lipinski definition) is 2. The highest BCUT2D eigenvalue weighted by molar-refractivity contribution is 7.88. The van der Waals surface area contributed by atoms with Crippen LogP contribution in [0.1, 0.15) is 50.5 Å². The molecule has 0 aliphatic carbocycles. The molecule has 2 aromatic rings. The second-order valence-electron chi connectivity index (χ2n) is 8.67. The van der Waals surface area contributed by atoms with Gasteiger partial charge in [0, 0.05) is 37.6 Å². The van der Waals surface area contributed by atoms with Gasteiger partial charge >= 0.3 is 0 Å². The molecular weight excluding hydrogens is 463 g/mol. The fourth-order valence-electron chi connectivity index (χ4n) is 4.27. The number of sulfonamides is 1. The SMILES string of the molecule is Cc1cc(NC(=O)c2c(C)c(C(=O)C(=O)N[C@@H]3CCCN(S(C)(=O)=O)C3)n(C)c2C)ccc1F. The van der Waals surface area contributed by atoms with Crippen molar-refractivity contribution < 1.29 is 27.2 Å². The molecule has 0 saturated carbocycles. The molecule has 9 nitrogen and oxygen atoms in total. The number of carbonyl (C=O) groups is 3. The Labute approximate surface area is 198 Å². The number of Topliss-reactive ketones (excluding diaryl/α,β-unsaturated/α-hetero) is 1. The first-order chi connectivity index (χ1) is 15.8. The van der Waals surface area contributed by atoms with Crippen LogP contribution in [0.2, 0.25) is 0 Å². The first-order valence-corrected chi connectivity index (χ1v) is 12.7. The maximum Gasteiger partial charge on any atom is 0.294 e. The van der Waals surface area contributed by atoms with Gasteiger partial charge in [0.05, 0.1) is 17.5 Å². The molecular formula is C23H29FN4O5S. The largest absolute Gasteiger partial charge is 0.345 e. The molecule has 3 rings (SSSR count). The van der Waals surface area contributed by atoms with Crippen molar-refractivity contribution in [1.82, 2.24) is 14.2 Å². The standard InChI is InChI=1S/C23H29FN4O5S/c1-13-11-16(8-9-18(13)24)25-22(30)19-14(2)20(27(4)15(19)3)21(29)23(31)26-17-7-6-10-28(12-17)34(5,32)33/h8-9,11,17H,6-7,10,12H2,1-5H3,(H,25,30)(H,26,31)/t17-/m1/s1. The summed E-state index contributed by atoms with van der Waals surface area (Å²) in [5.74, 6) is -2.53. The van der Waals surface area contributed by atoms with Crippen LogP contribution in [0.4, 0.5) is 10.1 Å². The molecule has 0 unspecified atom stereocenters. The van der Waals surface area contributed by atoms with E-state index >= 15 is 0 Å². The molecule has 1 aliphatic heterocycles. The zero-order valence-corrected chi connectivity index (χ0v) is 20.7. The van der Waals surface area contributed by atoms with Crippen molar-refractivity contribution in [1.29, 1.82) is 0 Å². The van der Waals surface area contributed by atoms with E-state index in [4.69, 9.17) is 0 Å². The minimum Gasteiger partial charge on any atom is -0.345 e. The monoisotopic (exact) mass is 492 g/mol. The Morgan fingerprint density at radius 1 is 1.15 bits per heavy atom. The van der Waals surface area contributed by atoms with Crippen molar-refractivity contribution >= 4 is 33.3 Å². The fourth-order valence-corrected chi connectivity index (χ4v) is 5.18. The molecule has 11 heteroatoms. The topological polar surface area (TPSA) is 118 Å². The van der Waals surface area contributed by atoms with E-state index in [0.29, 0.717) is 41.9 Å². The first kappa shape index (κ1) is 25.6. The second kappa shape index (κ2) is 9.67. The lowest BCUT2D eigenvalue weighted by Gasteiger charge is -2.31. The highest BCUT2D eigenvalue weighted by Crippen LogP contribution is 2.24. The van der Waals surface area contributed by atoms with Crippen LogP contribution in [0.15, 0.2) is 18.2 Å². The summed E-state index contributed by atoms with van der Waals surface area (Å²) in [4.78, 5) is 38.7. The van der Waals surface area contributed by atoms with Crippen LogP contribution < -0.4 is 10.6 Å². The Morgan fingerprint density at radius 2 is 1.82 bits per heavy atom. The number of halogens is 1. The van der Waals surface area contributed by atoms with E-state index in [1.807, 2.05) is 0 Å². The number of amides is 2. The van der Waals surface area contributed by atoms with Gasteiger partial charge in [0.2, 0.25) is 10.0 Å². The molecule has 1 fully saturated rings. The van der Waals surface area contributed by atoms with Crippen molar-refractivity contribution in [2.75, 3.05) is 24.7 Å². The maximum absolute atomic E-state index is 13.5. The van der Waals surface area contributed by atoms with Gasteiger partial charge in [-0.1, -0.05) is 0 Å². The van der Waals surface area contributed by atoms with E-state index in [-0.39, 0.29) is 23.6 Å². The quantitative estimate of drug-likeness (QED) is 0.473. The van der Waals surface area contributed by atoms with Crippen molar-refractivity contribution in [3.63, 3.8) is 0 Å². The molecule has 1 atom stereocenters. The van der Waals surface area contributed by atoms with Gasteiger partial charge in [0.15, 0.2) is 0 Å². The third kappa shape index (κ3) is 5.20. The molecule has 34 heavy (non-hydrogen) atoms. The summed E-state index contributed by atoms with van der Waals surface area (Å²) >= 11 is 0. The Morgan fingerprint density at radius 3 is 2.44 bits per heavy atom. The van der Waals surface area contributed by atoms with E-state index in [2.05, 4.69) is 10.6 Å². The lowest BCUT2D eigenvalue weighted by atomic mass is 10.1. The van der Waals surface area contributed by atoms with Gasteiger partial charge in [-0.25, -0.2) is 17.1 Å². The van der Waals surface area contributed by atoms with Crippen molar-refractivity contribution in [2.45, 2.75) is 39.7 Å². The second-order valence-corrected chi connectivity index (χ2v) is 10.7. The summed E-state index contributed by atoms with van der Waals surface area (Å²) in [6.45, 7) is 5.32. The van der Waals surface area contributed by atoms with Crippen LogP contribution in [-0.4, -0.2) is 60.3 Å². The van der Waals surface area contributed by atoms with E-state index < -0.39 is 33.7 Å². The summed E-state index contributed by atoms with van der Waals surface area (Å²) in [5, 5.41) is 5.35. The van der Waals surface area contributed by atoms with Gasteiger partial charge in [-0.15, -0.1) is 0 Å². The van der Waals surface area contributed by atoms with Crippen LogP contribution in [-0.2, 0) is 21.9 Å². The Balaban J connectivity index is 1.80. The fraction of sp³-hybridized carbons (Fsp3) is 0.435. The number of ketones is 1. The van der Waals surface area contributed by atoms with Gasteiger partial charge in [-0.3, -0.25) is 14.4 Å². The zero-order valence-electron chi connectivity index (χ0n) is 19.9. The van der Waals surface area contributed by atoms with Gasteiger partial charge < -0.3 is 15.2 Å². The number of hydrogen-bond acceptors (Lipinski definition) is 5. The third-order valence-electron chi connectivity index (χ3n) is 6.18. The van der Waals surface area contributed by atoms with Crippen LogP contribution in [0.25, 0.3) is 0 Å². The van der Waals surface area contributed by atoms with E-state index in [1.165, 1.54) is 27.1 Å². The average Bonchev–Trinajstić information content (AvgIpc) is 2.98. The minimum atomic E-state index is -3.40. The zero-order chi connectivity index (χ0) is 25.4. The summed E-state index contributed by atoms with van der Waals surface area (Å²) in [7, 11) is -1.80. The summed E-state index contributed by atoms with van der Waals surface area (Å²) in [6, 6.07) is 3.72. The summed E-state index contributed by atoms with van der Waals surface area (Å²) < 4.78 is 39.9. The van der Waals surface area contributed by atoms with Crippen molar-refractivity contribution in [3.05, 3.63) is 52.1 Å². The van der Waals surface area contributed by atoms with Crippen molar-refractivity contribution in [2.24, 2.45) is 7.05 Å². The summed E-state index contributed by atoms with van der Waals surface area (Å²) in [6.07, 6.45) is 2.24. The van der Waals surface area contributed by atoms with Gasteiger partial charge in [-0.05, 0) is 62.9 Å². The van der Waals surface area contributed by atoms with E-state index in [1.54, 1.807) is 27.8 Å². The Hall–Kier alpha value is -3.05. The number of anilines is 1. The normalized spacial score (nSPS) is 16.8. The molecule has 1 aromatic heterocycles. The van der Waals surface area contributed by atoms with Crippen LogP contribution in [0.3, 0.4) is 0 Å². The van der Waals surface area contributed by atoms with Gasteiger partial charge in [0.25, 0.3) is 17.6 Å². The first-order valence-electron chi connectivity index (χ1n) is 10.8. The molecule has 2 heterocycles.